The highest BCUT2D eigenvalue weighted by Crippen LogP contribution is 2.30. The summed E-state index contributed by atoms with van der Waals surface area (Å²) in [5.41, 5.74) is 3.42. The number of hydrogen-bond acceptors (Lipinski definition) is 3. The van der Waals surface area contributed by atoms with E-state index in [1.54, 1.807) is 16.9 Å². The number of carbonyl (C=O) groups is 2. The summed E-state index contributed by atoms with van der Waals surface area (Å²) in [5, 5.41) is 0. The molecule has 2 amide bonds. The van der Waals surface area contributed by atoms with Crippen molar-refractivity contribution in [2.75, 3.05) is 26.7 Å². The second-order valence-electron chi connectivity index (χ2n) is 8.62. The number of benzene rings is 2. The fourth-order valence-electron chi connectivity index (χ4n) is 4.64. The Morgan fingerprint density at radius 3 is 2.41 bits per heavy atom. The zero-order chi connectivity index (χ0) is 22.3. The van der Waals surface area contributed by atoms with Gasteiger partial charge in [-0.1, -0.05) is 54.1 Å². The molecule has 5 heteroatoms. The zero-order valence-electron chi connectivity index (χ0n) is 18.8. The van der Waals surface area contributed by atoms with E-state index in [2.05, 4.69) is 18.2 Å². The standard InChI is InChI=1S/C27H32N2O3/c1-32-24-14-12-23(13-15-24)26-27(31)28(18-16-21-8-4-2-5-9-21)20-25(30)29(26)19-17-22-10-6-3-7-11-22/h2,4-5,8-10,12-15,26H,3,6-7,11,16-20H2,1H3/t26-/m0/s1. The van der Waals surface area contributed by atoms with Gasteiger partial charge in [0.25, 0.3) is 0 Å². The molecule has 0 saturated carbocycles. The third-order valence-corrected chi connectivity index (χ3v) is 6.51. The minimum atomic E-state index is -0.581. The quantitative estimate of drug-likeness (QED) is 0.576. The summed E-state index contributed by atoms with van der Waals surface area (Å²) in [7, 11) is 1.62. The van der Waals surface area contributed by atoms with Crippen molar-refractivity contribution in [1.82, 2.24) is 9.80 Å². The van der Waals surface area contributed by atoms with Crippen LogP contribution in [0.4, 0.5) is 0 Å². The summed E-state index contributed by atoms with van der Waals surface area (Å²) >= 11 is 0. The van der Waals surface area contributed by atoms with Crippen LogP contribution in [0.15, 0.2) is 66.2 Å². The van der Waals surface area contributed by atoms with E-state index < -0.39 is 6.04 Å². The number of carbonyl (C=O) groups excluding carboxylic acids is 2. The molecule has 1 aliphatic carbocycles. The van der Waals surface area contributed by atoms with Gasteiger partial charge >= 0.3 is 0 Å². The maximum Gasteiger partial charge on any atom is 0.250 e. The van der Waals surface area contributed by atoms with Crippen LogP contribution in [0.25, 0.3) is 0 Å². The number of piperazine rings is 1. The normalized spacial score (nSPS) is 19.2. The first-order chi connectivity index (χ1) is 15.7. The minimum absolute atomic E-state index is 0.00308. The lowest BCUT2D eigenvalue weighted by molar-refractivity contribution is -0.156. The van der Waals surface area contributed by atoms with Gasteiger partial charge in [0.05, 0.1) is 13.7 Å². The molecule has 5 nitrogen and oxygen atoms in total. The summed E-state index contributed by atoms with van der Waals surface area (Å²) in [4.78, 5) is 30.3. The van der Waals surface area contributed by atoms with Gasteiger partial charge in [0, 0.05) is 13.1 Å². The van der Waals surface area contributed by atoms with Crippen LogP contribution in [0.1, 0.15) is 49.3 Å². The largest absolute Gasteiger partial charge is 0.497 e. The van der Waals surface area contributed by atoms with E-state index in [4.69, 9.17) is 4.74 Å². The van der Waals surface area contributed by atoms with Crippen molar-refractivity contribution in [1.29, 1.82) is 0 Å². The molecule has 2 aromatic rings. The smallest absolute Gasteiger partial charge is 0.250 e. The summed E-state index contributed by atoms with van der Waals surface area (Å²) in [6.07, 6.45) is 8.58. The maximum atomic E-state index is 13.6. The van der Waals surface area contributed by atoms with Gasteiger partial charge in [0.15, 0.2) is 0 Å². The molecule has 0 unspecified atom stereocenters. The molecule has 2 aromatic carbocycles. The topological polar surface area (TPSA) is 49.9 Å². The lowest BCUT2D eigenvalue weighted by Crippen LogP contribution is -2.56. The van der Waals surface area contributed by atoms with Crippen molar-refractivity contribution < 1.29 is 14.3 Å². The Morgan fingerprint density at radius 2 is 1.72 bits per heavy atom. The van der Waals surface area contributed by atoms with Crippen LogP contribution >= 0.6 is 0 Å². The molecule has 0 bridgehead atoms. The van der Waals surface area contributed by atoms with Crippen molar-refractivity contribution in [3.8, 4) is 5.75 Å². The molecular formula is C27H32N2O3. The molecule has 1 heterocycles. The molecular weight excluding hydrogens is 400 g/mol. The molecule has 0 aromatic heterocycles. The van der Waals surface area contributed by atoms with Gasteiger partial charge in [-0.3, -0.25) is 9.59 Å². The average Bonchev–Trinajstić information content (AvgIpc) is 2.84. The van der Waals surface area contributed by atoms with E-state index >= 15 is 0 Å². The second-order valence-corrected chi connectivity index (χ2v) is 8.62. The summed E-state index contributed by atoms with van der Waals surface area (Å²) in [6, 6.07) is 17.0. The molecule has 168 valence electrons. The lowest BCUT2D eigenvalue weighted by Gasteiger charge is -2.41. The Labute approximate surface area is 190 Å². The fraction of sp³-hybridized carbons (Fsp3) is 0.407. The molecule has 0 radical (unpaired) electrons. The SMILES string of the molecule is COc1ccc([C@H]2C(=O)N(CCc3ccccc3)CC(=O)N2CCC2=CCCCC2)cc1. The van der Waals surface area contributed by atoms with Gasteiger partial charge in [-0.25, -0.2) is 0 Å². The van der Waals surface area contributed by atoms with Crippen LogP contribution in [-0.2, 0) is 16.0 Å². The van der Waals surface area contributed by atoms with Crippen LogP contribution in [0, 0.1) is 0 Å². The van der Waals surface area contributed by atoms with Gasteiger partial charge in [-0.05, 0) is 61.8 Å². The number of amides is 2. The van der Waals surface area contributed by atoms with Gasteiger partial charge in [-0.15, -0.1) is 0 Å². The molecule has 0 spiro atoms. The minimum Gasteiger partial charge on any atom is -0.497 e. The van der Waals surface area contributed by atoms with Crippen LogP contribution in [0.2, 0.25) is 0 Å². The predicted molar refractivity (Wildman–Crippen MR) is 125 cm³/mol. The summed E-state index contributed by atoms with van der Waals surface area (Å²) < 4.78 is 5.28. The van der Waals surface area contributed by atoms with E-state index in [0.717, 1.165) is 37.0 Å². The Kier molecular flexibility index (Phi) is 7.25. The van der Waals surface area contributed by atoms with Crippen LogP contribution < -0.4 is 4.74 Å². The molecule has 2 aliphatic rings. The first-order valence-electron chi connectivity index (χ1n) is 11.6. The van der Waals surface area contributed by atoms with E-state index in [1.807, 2.05) is 42.5 Å². The highest BCUT2D eigenvalue weighted by atomic mass is 16.5. The third kappa shape index (κ3) is 5.21. The number of rotatable bonds is 8. The summed E-state index contributed by atoms with van der Waals surface area (Å²) in [5.74, 6) is 0.765. The first kappa shape index (κ1) is 22.1. The molecule has 1 saturated heterocycles. The number of ether oxygens (including phenoxy) is 1. The monoisotopic (exact) mass is 432 g/mol. The van der Waals surface area contributed by atoms with Crippen LogP contribution in [-0.4, -0.2) is 48.4 Å². The zero-order valence-corrected chi connectivity index (χ0v) is 18.8. The van der Waals surface area contributed by atoms with Crippen molar-refractivity contribution in [3.63, 3.8) is 0 Å². The van der Waals surface area contributed by atoms with Crippen molar-refractivity contribution in [3.05, 3.63) is 77.4 Å². The third-order valence-electron chi connectivity index (χ3n) is 6.51. The number of methoxy groups -OCH3 is 1. The fourth-order valence-corrected chi connectivity index (χ4v) is 4.64. The second kappa shape index (κ2) is 10.5. The van der Waals surface area contributed by atoms with Crippen molar-refractivity contribution >= 4 is 11.8 Å². The molecule has 1 aliphatic heterocycles. The van der Waals surface area contributed by atoms with E-state index in [9.17, 15) is 9.59 Å². The van der Waals surface area contributed by atoms with E-state index in [1.165, 1.54) is 24.0 Å². The number of hydrogen-bond donors (Lipinski definition) is 0. The molecule has 1 fully saturated rings. The molecule has 1 atom stereocenters. The molecule has 32 heavy (non-hydrogen) atoms. The van der Waals surface area contributed by atoms with Gasteiger partial charge in [0.1, 0.15) is 11.8 Å². The highest BCUT2D eigenvalue weighted by molar-refractivity contribution is 5.95. The average molecular weight is 433 g/mol. The maximum absolute atomic E-state index is 13.6. The lowest BCUT2D eigenvalue weighted by atomic mass is 9.95. The van der Waals surface area contributed by atoms with E-state index in [-0.39, 0.29) is 18.4 Å². The Hall–Kier alpha value is -3.08. The van der Waals surface area contributed by atoms with Crippen molar-refractivity contribution in [2.24, 2.45) is 0 Å². The predicted octanol–water partition coefficient (Wildman–Crippen LogP) is 4.54. The van der Waals surface area contributed by atoms with Crippen LogP contribution in [0.3, 0.4) is 0 Å². The van der Waals surface area contributed by atoms with Crippen molar-refractivity contribution in [2.45, 2.75) is 44.6 Å². The number of nitrogens with zero attached hydrogens (tertiary/aromatic N) is 2. The van der Waals surface area contributed by atoms with Gasteiger partial charge in [0.2, 0.25) is 11.8 Å². The highest BCUT2D eigenvalue weighted by Gasteiger charge is 2.39. The number of allylic oxidation sites excluding steroid dienone is 1. The molecule has 0 N–H and O–H groups in total. The van der Waals surface area contributed by atoms with Gasteiger partial charge in [-0.2, -0.15) is 0 Å². The van der Waals surface area contributed by atoms with Gasteiger partial charge < -0.3 is 14.5 Å². The Balaban J connectivity index is 1.53. The van der Waals surface area contributed by atoms with E-state index in [0.29, 0.717) is 13.1 Å². The molecule has 4 rings (SSSR count). The Bertz CT molecular complexity index is 953. The Morgan fingerprint density at radius 1 is 0.938 bits per heavy atom. The first-order valence-corrected chi connectivity index (χ1v) is 11.6. The van der Waals surface area contributed by atoms with Crippen LogP contribution in [0.5, 0.6) is 5.75 Å². The summed E-state index contributed by atoms with van der Waals surface area (Å²) in [6.45, 7) is 1.28.